The number of benzene rings is 2. The zero-order chi connectivity index (χ0) is 21.3. The van der Waals surface area contributed by atoms with Gasteiger partial charge >= 0.3 is 5.69 Å². The van der Waals surface area contributed by atoms with Gasteiger partial charge in [0, 0.05) is 13.6 Å². The fraction of sp³-hybridized carbons (Fsp3) is 0.143. The summed E-state index contributed by atoms with van der Waals surface area (Å²) in [6, 6.07) is 11.5. The maximum atomic E-state index is 13.6. The van der Waals surface area contributed by atoms with Crippen LogP contribution in [0.15, 0.2) is 64.3 Å². The highest BCUT2D eigenvalue weighted by Crippen LogP contribution is 2.11. The van der Waals surface area contributed by atoms with Crippen LogP contribution >= 0.6 is 0 Å². The van der Waals surface area contributed by atoms with E-state index < -0.39 is 17.1 Å². The molecule has 0 unspecified atom stereocenters. The first-order valence-electron chi connectivity index (χ1n) is 9.17. The molecule has 0 amide bonds. The van der Waals surface area contributed by atoms with Gasteiger partial charge in [-0.05, 0) is 42.3 Å². The van der Waals surface area contributed by atoms with E-state index in [-0.39, 0.29) is 28.5 Å². The number of aryl methyl sites for hydroxylation is 1. The first-order chi connectivity index (χ1) is 14.4. The number of nitrogens with one attached hydrogen (secondary N) is 1. The van der Waals surface area contributed by atoms with Crippen LogP contribution in [0.25, 0.3) is 16.7 Å². The summed E-state index contributed by atoms with van der Waals surface area (Å²) in [5, 5.41) is 2.99. The molecular formula is C21H17F2N5O2. The minimum atomic E-state index is -0.672. The predicted molar refractivity (Wildman–Crippen MR) is 109 cm³/mol. The van der Waals surface area contributed by atoms with Crippen LogP contribution in [0.4, 0.5) is 14.7 Å². The van der Waals surface area contributed by atoms with Gasteiger partial charge in [-0.3, -0.25) is 9.36 Å². The van der Waals surface area contributed by atoms with Crippen molar-refractivity contribution in [3.63, 3.8) is 0 Å². The Morgan fingerprint density at radius 2 is 1.77 bits per heavy atom. The normalized spacial score (nSPS) is 11.0. The molecule has 0 fully saturated rings. The molecule has 0 atom stereocenters. The van der Waals surface area contributed by atoms with E-state index in [9.17, 15) is 18.4 Å². The third kappa shape index (κ3) is 3.69. The Balaban J connectivity index is 1.69. The van der Waals surface area contributed by atoms with Crippen molar-refractivity contribution in [1.29, 1.82) is 0 Å². The molecule has 0 aliphatic carbocycles. The Morgan fingerprint density at radius 3 is 2.50 bits per heavy atom. The maximum absolute atomic E-state index is 13.6. The standard InChI is InChI=1S/C21H17F2N5O2/c1-27-17-12-25-20(24-9-8-13-4-2-5-14(22)10-13)26-18(17)19(29)28(21(27)30)16-7-3-6-15(23)11-16/h2-7,10-12H,8-9H2,1H3,(H,24,25,26). The fourth-order valence-electron chi connectivity index (χ4n) is 3.16. The molecular weight excluding hydrogens is 392 g/mol. The molecule has 0 saturated heterocycles. The Hall–Kier alpha value is -3.88. The lowest BCUT2D eigenvalue weighted by molar-refractivity contribution is 0.624. The lowest BCUT2D eigenvalue weighted by Gasteiger charge is -2.11. The molecule has 2 heterocycles. The molecule has 0 aliphatic rings. The van der Waals surface area contributed by atoms with E-state index in [0.717, 1.165) is 16.2 Å². The molecule has 9 heteroatoms. The van der Waals surface area contributed by atoms with Gasteiger partial charge in [0.15, 0.2) is 5.52 Å². The SMILES string of the molecule is Cn1c(=O)n(-c2cccc(F)c2)c(=O)c2nc(NCCc3cccc(F)c3)ncc21. The summed E-state index contributed by atoms with van der Waals surface area (Å²) >= 11 is 0. The lowest BCUT2D eigenvalue weighted by atomic mass is 10.1. The number of fused-ring (bicyclic) bond motifs is 1. The summed E-state index contributed by atoms with van der Waals surface area (Å²) in [6.45, 7) is 0.415. The van der Waals surface area contributed by atoms with Crippen LogP contribution in [-0.4, -0.2) is 25.6 Å². The number of halogens is 2. The van der Waals surface area contributed by atoms with Gasteiger partial charge in [-0.25, -0.2) is 28.1 Å². The average molecular weight is 409 g/mol. The van der Waals surface area contributed by atoms with Gasteiger partial charge in [0.05, 0.1) is 17.4 Å². The first-order valence-corrected chi connectivity index (χ1v) is 9.17. The summed E-state index contributed by atoms with van der Waals surface area (Å²) in [4.78, 5) is 34.0. The van der Waals surface area contributed by atoms with Crippen molar-refractivity contribution in [1.82, 2.24) is 19.1 Å². The fourth-order valence-corrected chi connectivity index (χ4v) is 3.16. The summed E-state index contributed by atoms with van der Waals surface area (Å²) < 4.78 is 29.0. The first kappa shape index (κ1) is 19.4. The molecule has 0 radical (unpaired) electrons. The summed E-state index contributed by atoms with van der Waals surface area (Å²) in [7, 11) is 1.49. The number of hydrogen-bond donors (Lipinski definition) is 1. The number of aromatic nitrogens is 4. The average Bonchev–Trinajstić information content (AvgIpc) is 2.72. The quantitative estimate of drug-likeness (QED) is 0.548. The van der Waals surface area contributed by atoms with Gasteiger partial charge in [0.25, 0.3) is 5.56 Å². The maximum Gasteiger partial charge on any atom is 0.336 e. The van der Waals surface area contributed by atoms with E-state index in [1.54, 1.807) is 12.1 Å². The van der Waals surface area contributed by atoms with Crippen molar-refractivity contribution in [2.45, 2.75) is 6.42 Å². The summed E-state index contributed by atoms with van der Waals surface area (Å²) in [5.74, 6) is -0.683. The second-order valence-electron chi connectivity index (χ2n) is 6.70. The Bertz CT molecular complexity index is 1360. The van der Waals surface area contributed by atoms with Gasteiger partial charge in [0.2, 0.25) is 5.95 Å². The number of nitrogens with zero attached hydrogens (tertiary/aromatic N) is 4. The highest BCUT2D eigenvalue weighted by Gasteiger charge is 2.15. The minimum absolute atomic E-state index is 0.0182. The van der Waals surface area contributed by atoms with E-state index >= 15 is 0 Å². The Labute approximate surface area is 169 Å². The van der Waals surface area contributed by atoms with E-state index in [0.29, 0.717) is 13.0 Å². The van der Waals surface area contributed by atoms with Crippen LogP contribution in [0.3, 0.4) is 0 Å². The van der Waals surface area contributed by atoms with Gasteiger partial charge < -0.3 is 5.32 Å². The monoisotopic (exact) mass is 409 g/mol. The Morgan fingerprint density at radius 1 is 1.03 bits per heavy atom. The van der Waals surface area contributed by atoms with Crippen molar-refractivity contribution < 1.29 is 8.78 Å². The van der Waals surface area contributed by atoms with E-state index in [1.165, 1.54) is 48.1 Å². The highest BCUT2D eigenvalue weighted by atomic mass is 19.1. The van der Waals surface area contributed by atoms with Crippen molar-refractivity contribution in [3.8, 4) is 5.69 Å². The molecule has 152 valence electrons. The smallest absolute Gasteiger partial charge is 0.336 e. The predicted octanol–water partition coefficient (Wildman–Crippen LogP) is 2.41. The zero-order valence-corrected chi connectivity index (χ0v) is 16.0. The molecule has 1 N–H and O–H groups in total. The molecule has 2 aromatic carbocycles. The van der Waals surface area contributed by atoms with Crippen molar-refractivity contribution in [2.24, 2.45) is 7.05 Å². The molecule has 30 heavy (non-hydrogen) atoms. The second-order valence-corrected chi connectivity index (χ2v) is 6.70. The van der Waals surface area contributed by atoms with Crippen LogP contribution in [-0.2, 0) is 13.5 Å². The molecule has 4 rings (SSSR count). The van der Waals surface area contributed by atoms with Crippen LogP contribution in [0.1, 0.15) is 5.56 Å². The third-order valence-electron chi connectivity index (χ3n) is 4.67. The van der Waals surface area contributed by atoms with Crippen molar-refractivity contribution >= 4 is 17.0 Å². The van der Waals surface area contributed by atoms with E-state index in [1.807, 2.05) is 0 Å². The van der Waals surface area contributed by atoms with Crippen LogP contribution < -0.4 is 16.6 Å². The van der Waals surface area contributed by atoms with Gasteiger partial charge in [-0.2, -0.15) is 0 Å². The highest BCUT2D eigenvalue weighted by molar-refractivity contribution is 5.74. The minimum Gasteiger partial charge on any atom is -0.354 e. The van der Waals surface area contributed by atoms with Crippen LogP contribution in [0.2, 0.25) is 0 Å². The largest absolute Gasteiger partial charge is 0.354 e. The number of anilines is 1. The van der Waals surface area contributed by atoms with Crippen molar-refractivity contribution in [3.05, 3.63) is 92.8 Å². The summed E-state index contributed by atoms with van der Waals surface area (Å²) in [5.41, 5.74) is -0.110. The molecule has 0 bridgehead atoms. The van der Waals surface area contributed by atoms with Crippen LogP contribution in [0, 0.1) is 11.6 Å². The van der Waals surface area contributed by atoms with E-state index in [2.05, 4.69) is 15.3 Å². The summed E-state index contributed by atoms with van der Waals surface area (Å²) in [6.07, 6.45) is 1.91. The number of rotatable bonds is 5. The molecule has 4 aromatic rings. The van der Waals surface area contributed by atoms with Crippen molar-refractivity contribution in [2.75, 3.05) is 11.9 Å². The molecule has 7 nitrogen and oxygen atoms in total. The molecule has 2 aromatic heterocycles. The van der Waals surface area contributed by atoms with Gasteiger partial charge in [0.1, 0.15) is 11.6 Å². The second kappa shape index (κ2) is 7.86. The van der Waals surface area contributed by atoms with Gasteiger partial charge in [-0.15, -0.1) is 0 Å². The van der Waals surface area contributed by atoms with Gasteiger partial charge in [-0.1, -0.05) is 18.2 Å². The molecule has 0 aliphatic heterocycles. The third-order valence-corrected chi connectivity index (χ3v) is 4.67. The topological polar surface area (TPSA) is 81.8 Å². The van der Waals surface area contributed by atoms with Crippen LogP contribution in [0.5, 0.6) is 0 Å². The lowest BCUT2D eigenvalue weighted by Crippen LogP contribution is -2.38. The number of hydrogen-bond acceptors (Lipinski definition) is 5. The molecule has 0 spiro atoms. The molecule has 0 saturated carbocycles. The zero-order valence-electron chi connectivity index (χ0n) is 16.0. The Kier molecular flexibility index (Phi) is 5.09. The van der Waals surface area contributed by atoms with E-state index in [4.69, 9.17) is 0 Å².